The number of ether oxygens (including phenoxy) is 1. The molecular weight excluding hydrogens is 232 g/mol. The zero-order valence-electron chi connectivity index (χ0n) is 10.2. The van der Waals surface area contributed by atoms with Crippen LogP contribution in [-0.2, 0) is 4.79 Å². The Bertz CT molecular complexity index is 429. The van der Waals surface area contributed by atoms with Crippen molar-refractivity contribution in [2.45, 2.75) is 31.6 Å². The van der Waals surface area contributed by atoms with E-state index in [2.05, 4.69) is 18.8 Å². The Morgan fingerprint density at radius 3 is 2.82 bits per heavy atom. The Morgan fingerprint density at radius 1 is 1.35 bits per heavy atom. The number of carbonyl (C=O) groups is 1. The number of para-hydroxylation sites is 1. The summed E-state index contributed by atoms with van der Waals surface area (Å²) in [5.41, 5.74) is 0. The number of hydrogen-bond donors (Lipinski definition) is 0. The number of carbonyl (C=O) groups excluding carboxylic acids is 1. The monoisotopic (exact) mass is 248 g/mol. The molecular formula is C14H16O2S. The molecule has 0 unspecified atom stereocenters. The topological polar surface area (TPSA) is 26.3 Å². The Morgan fingerprint density at radius 2 is 2.12 bits per heavy atom. The second-order valence-electron chi connectivity index (χ2n) is 3.43. The molecule has 1 rings (SSSR count). The van der Waals surface area contributed by atoms with Crippen molar-refractivity contribution in [1.82, 2.24) is 0 Å². The highest BCUT2D eigenvalue weighted by molar-refractivity contribution is 7.99. The first-order valence-corrected chi connectivity index (χ1v) is 6.58. The minimum Gasteiger partial charge on any atom is -0.426 e. The van der Waals surface area contributed by atoms with E-state index in [4.69, 9.17) is 4.74 Å². The first-order valence-electron chi connectivity index (χ1n) is 5.60. The number of hydrogen-bond acceptors (Lipinski definition) is 3. The first kappa shape index (κ1) is 13.7. The zero-order valence-corrected chi connectivity index (χ0v) is 11.0. The van der Waals surface area contributed by atoms with Crippen molar-refractivity contribution in [2.24, 2.45) is 0 Å². The summed E-state index contributed by atoms with van der Waals surface area (Å²) in [5, 5.41) is 0. The van der Waals surface area contributed by atoms with Gasteiger partial charge in [-0.3, -0.25) is 4.79 Å². The molecule has 0 saturated carbocycles. The third-order valence-corrected chi connectivity index (χ3v) is 2.84. The highest BCUT2D eigenvalue weighted by Gasteiger charge is 2.04. The summed E-state index contributed by atoms with van der Waals surface area (Å²) >= 11 is 1.59. The van der Waals surface area contributed by atoms with Gasteiger partial charge in [-0.15, -0.1) is 17.7 Å². The molecule has 0 N–H and O–H groups in total. The normalized spacial score (nSPS) is 9.29. The average molecular weight is 248 g/mol. The maximum Gasteiger partial charge on any atom is 0.308 e. The molecule has 2 nitrogen and oxygen atoms in total. The lowest BCUT2D eigenvalue weighted by molar-refractivity contribution is -0.132. The number of esters is 1. The van der Waals surface area contributed by atoms with Crippen molar-refractivity contribution in [2.75, 3.05) is 5.75 Å². The third kappa shape index (κ3) is 5.46. The Balaban J connectivity index is 2.58. The standard InChI is InChI=1S/C14H16O2S/c1-3-4-5-8-11-17-14-10-7-6-9-13(14)16-12(2)15/h6-7,9-10H,3-4,11H2,1-2H3. The van der Waals surface area contributed by atoms with Gasteiger partial charge in [0.1, 0.15) is 5.75 Å². The minimum absolute atomic E-state index is 0.296. The van der Waals surface area contributed by atoms with E-state index in [0.717, 1.165) is 23.5 Å². The minimum atomic E-state index is -0.296. The predicted molar refractivity (Wildman–Crippen MR) is 71.2 cm³/mol. The van der Waals surface area contributed by atoms with Crippen LogP contribution in [0.2, 0.25) is 0 Å². The van der Waals surface area contributed by atoms with E-state index in [1.807, 2.05) is 18.2 Å². The summed E-state index contributed by atoms with van der Waals surface area (Å²) in [5.74, 6) is 7.21. The van der Waals surface area contributed by atoms with E-state index in [9.17, 15) is 4.79 Å². The van der Waals surface area contributed by atoms with Crippen LogP contribution in [0.4, 0.5) is 0 Å². The van der Waals surface area contributed by atoms with Gasteiger partial charge in [0.05, 0.1) is 10.6 Å². The van der Waals surface area contributed by atoms with Gasteiger partial charge >= 0.3 is 5.97 Å². The molecule has 1 aromatic rings. The lowest BCUT2D eigenvalue weighted by atomic mass is 10.3. The lowest BCUT2D eigenvalue weighted by Gasteiger charge is -2.06. The smallest absolute Gasteiger partial charge is 0.308 e. The van der Waals surface area contributed by atoms with E-state index in [-0.39, 0.29) is 5.97 Å². The van der Waals surface area contributed by atoms with E-state index in [1.54, 1.807) is 17.8 Å². The molecule has 1 aromatic carbocycles. The van der Waals surface area contributed by atoms with Gasteiger partial charge in [-0.1, -0.05) is 25.0 Å². The Hall–Kier alpha value is -1.40. The first-order chi connectivity index (χ1) is 8.24. The molecule has 0 atom stereocenters. The van der Waals surface area contributed by atoms with Crippen LogP contribution in [-0.4, -0.2) is 11.7 Å². The van der Waals surface area contributed by atoms with Crippen LogP contribution in [0, 0.1) is 11.8 Å². The fourth-order valence-corrected chi connectivity index (χ4v) is 1.94. The van der Waals surface area contributed by atoms with E-state index < -0.39 is 0 Å². The molecule has 3 heteroatoms. The average Bonchev–Trinajstić information content (AvgIpc) is 2.30. The SMILES string of the molecule is CCCC#CCSc1ccccc1OC(C)=O. The van der Waals surface area contributed by atoms with E-state index >= 15 is 0 Å². The van der Waals surface area contributed by atoms with Crippen LogP contribution in [0.3, 0.4) is 0 Å². The second kappa shape index (κ2) is 7.81. The highest BCUT2D eigenvalue weighted by atomic mass is 32.2. The number of thioether (sulfide) groups is 1. The lowest BCUT2D eigenvalue weighted by Crippen LogP contribution is -2.02. The molecule has 0 saturated heterocycles. The highest BCUT2D eigenvalue weighted by Crippen LogP contribution is 2.28. The van der Waals surface area contributed by atoms with Gasteiger partial charge in [-0.05, 0) is 18.6 Å². The summed E-state index contributed by atoms with van der Waals surface area (Å²) in [4.78, 5) is 11.9. The molecule has 0 aliphatic heterocycles. The Kier molecular flexibility index (Phi) is 6.27. The van der Waals surface area contributed by atoms with Crippen molar-refractivity contribution >= 4 is 17.7 Å². The molecule has 0 fully saturated rings. The second-order valence-corrected chi connectivity index (χ2v) is 4.45. The van der Waals surface area contributed by atoms with Crippen molar-refractivity contribution in [3.8, 4) is 17.6 Å². The molecule has 0 amide bonds. The molecule has 17 heavy (non-hydrogen) atoms. The summed E-state index contributed by atoms with van der Waals surface area (Å²) in [6, 6.07) is 7.51. The Labute approximate surface area is 107 Å². The van der Waals surface area contributed by atoms with E-state index in [0.29, 0.717) is 5.75 Å². The van der Waals surface area contributed by atoms with Crippen LogP contribution in [0.15, 0.2) is 29.2 Å². The molecule has 0 aliphatic carbocycles. The third-order valence-electron chi connectivity index (χ3n) is 1.90. The fourth-order valence-electron chi connectivity index (χ4n) is 1.19. The van der Waals surface area contributed by atoms with Crippen molar-refractivity contribution < 1.29 is 9.53 Å². The summed E-state index contributed by atoms with van der Waals surface area (Å²) in [6.45, 7) is 3.51. The van der Waals surface area contributed by atoms with Gasteiger partial charge in [0.15, 0.2) is 0 Å². The van der Waals surface area contributed by atoms with Crippen LogP contribution in [0.5, 0.6) is 5.75 Å². The summed E-state index contributed by atoms with van der Waals surface area (Å²) < 4.78 is 5.12. The number of benzene rings is 1. The van der Waals surface area contributed by atoms with Gasteiger partial charge in [-0.2, -0.15) is 0 Å². The predicted octanol–water partition coefficient (Wildman–Crippen LogP) is 3.51. The van der Waals surface area contributed by atoms with Gasteiger partial charge < -0.3 is 4.74 Å². The fraction of sp³-hybridized carbons (Fsp3) is 0.357. The number of unbranched alkanes of at least 4 members (excludes halogenated alkanes) is 1. The molecule has 0 bridgehead atoms. The van der Waals surface area contributed by atoms with Crippen LogP contribution in [0.1, 0.15) is 26.7 Å². The summed E-state index contributed by atoms with van der Waals surface area (Å²) in [6.07, 6.45) is 2.02. The molecule has 90 valence electrons. The van der Waals surface area contributed by atoms with Gasteiger partial charge in [0, 0.05) is 13.3 Å². The molecule has 0 aliphatic rings. The molecule has 0 spiro atoms. The maximum atomic E-state index is 10.9. The zero-order chi connectivity index (χ0) is 12.5. The quantitative estimate of drug-likeness (QED) is 0.353. The van der Waals surface area contributed by atoms with Gasteiger partial charge in [0.25, 0.3) is 0 Å². The molecule has 0 heterocycles. The maximum absolute atomic E-state index is 10.9. The largest absolute Gasteiger partial charge is 0.426 e. The van der Waals surface area contributed by atoms with Crippen LogP contribution < -0.4 is 4.74 Å². The van der Waals surface area contributed by atoms with Gasteiger partial charge in [0.2, 0.25) is 0 Å². The van der Waals surface area contributed by atoms with Crippen LogP contribution in [0.25, 0.3) is 0 Å². The van der Waals surface area contributed by atoms with Crippen molar-refractivity contribution in [3.05, 3.63) is 24.3 Å². The van der Waals surface area contributed by atoms with Crippen molar-refractivity contribution in [3.63, 3.8) is 0 Å². The van der Waals surface area contributed by atoms with Crippen LogP contribution >= 0.6 is 11.8 Å². The van der Waals surface area contributed by atoms with Crippen molar-refractivity contribution in [1.29, 1.82) is 0 Å². The molecule has 0 aromatic heterocycles. The molecule has 0 radical (unpaired) electrons. The van der Waals surface area contributed by atoms with E-state index in [1.165, 1.54) is 6.92 Å². The number of rotatable bonds is 4. The summed E-state index contributed by atoms with van der Waals surface area (Å²) in [7, 11) is 0. The van der Waals surface area contributed by atoms with Gasteiger partial charge in [-0.25, -0.2) is 0 Å².